The highest BCUT2D eigenvalue weighted by atomic mass is 16.5. The summed E-state index contributed by atoms with van der Waals surface area (Å²) in [6.45, 7) is 4.75. The summed E-state index contributed by atoms with van der Waals surface area (Å²) in [7, 11) is 1.62. The van der Waals surface area contributed by atoms with Gasteiger partial charge in [0.2, 0.25) is 0 Å². The molecule has 2 amide bonds. The fourth-order valence-electron chi connectivity index (χ4n) is 3.43. The minimum Gasteiger partial charge on any atom is -0.497 e. The number of rotatable bonds is 8. The first-order valence-electron chi connectivity index (χ1n) is 9.92. The molecule has 0 saturated heterocycles. The van der Waals surface area contributed by atoms with E-state index in [1.165, 1.54) is 0 Å². The third kappa shape index (κ3) is 5.11. The zero-order chi connectivity index (χ0) is 21.5. The number of urea groups is 1. The Bertz CT molecular complexity index is 910. The van der Waals surface area contributed by atoms with Crippen LogP contribution in [0.3, 0.4) is 0 Å². The van der Waals surface area contributed by atoms with Crippen LogP contribution in [-0.4, -0.2) is 38.3 Å². The molecule has 0 aromatic heterocycles. The van der Waals surface area contributed by atoms with E-state index in [1.54, 1.807) is 21.0 Å². The van der Waals surface area contributed by atoms with Gasteiger partial charge in [0.05, 0.1) is 37.6 Å². The first-order valence-corrected chi connectivity index (χ1v) is 9.92. The van der Waals surface area contributed by atoms with Crippen molar-refractivity contribution < 1.29 is 19.1 Å². The summed E-state index contributed by atoms with van der Waals surface area (Å²) in [5.74, 6) is 0.329. The van der Waals surface area contributed by atoms with Crippen molar-refractivity contribution in [3.05, 3.63) is 71.4 Å². The molecular weight excluding hydrogens is 382 g/mol. The number of carbonyl (C=O) groups excluding carboxylic acids is 2. The van der Waals surface area contributed by atoms with E-state index < -0.39 is 12.0 Å². The number of benzene rings is 2. The molecule has 0 saturated carbocycles. The van der Waals surface area contributed by atoms with Crippen molar-refractivity contribution >= 4 is 17.7 Å². The number of carbonyl (C=O) groups is 2. The molecule has 1 aliphatic heterocycles. The third-order valence-electron chi connectivity index (χ3n) is 4.87. The van der Waals surface area contributed by atoms with Gasteiger partial charge >= 0.3 is 12.0 Å². The number of hydrogen-bond donors (Lipinski definition) is 2. The van der Waals surface area contributed by atoms with Crippen LogP contribution in [0.1, 0.15) is 19.4 Å². The molecule has 2 aromatic carbocycles. The standard InChI is InChI=1S/C23H27N3O4/c1-4-30-22(27)21-16(2)24-23(28)25-20(21)15-26(14-17-8-6-5-7-9-17)18-10-12-19(29-3)13-11-18/h5-13,16H,4,14-15H2,1-3H3,(H2,24,25,28). The lowest BCUT2D eigenvalue weighted by atomic mass is 10.0. The molecule has 7 nitrogen and oxygen atoms in total. The van der Waals surface area contributed by atoms with Gasteiger partial charge in [-0.3, -0.25) is 0 Å². The number of hydrogen-bond acceptors (Lipinski definition) is 5. The Morgan fingerprint density at radius 2 is 1.77 bits per heavy atom. The molecule has 2 aromatic rings. The van der Waals surface area contributed by atoms with Crippen molar-refractivity contribution in [2.24, 2.45) is 0 Å². The lowest BCUT2D eigenvalue weighted by Gasteiger charge is -2.31. The van der Waals surface area contributed by atoms with Crippen molar-refractivity contribution in [3.8, 4) is 5.75 Å². The number of methoxy groups -OCH3 is 1. The van der Waals surface area contributed by atoms with Gasteiger partial charge in [0.1, 0.15) is 5.75 Å². The van der Waals surface area contributed by atoms with Gasteiger partial charge in [-0.1, -0.05) is 30.3 Å². The smallest absolute Gasteiger partial charge is 0.337 e. The van der Waals surface area contributed by atoms with Crippen molar-refractivity contribution in [3.63, 3.8) is 0 Å². The summed E-state index contributed by atoms with van der Waals surface area (Å²) in [6.07, 6.45) is 0. The molecule has 158 valence electrons. The van der Waals surface area contributed by atoms with Gasteiger partial charge in [0.15, 0.2) is 0 Å². The molecule has 2 N–H and O–H groups in total. The van der Waals surface area contributed by atoms with Crippen molar-refractivity contribution in [1.82, 2.24) is 10.6 Å². The lowest BCUT2D eigenvalue weighted by molar-refractivity contribution is -0.139. The Hall–Kier alpha value is -3.48. The number of nitrogens with one attached hydrogen (secondary N) is 2. The van der Waals surface area contributed by atoms with E-state index >= 15 is 0 Å². The summed E-state index contributed by atoms with van der Waals surface area (Å²) in [6, 6.07) is 16.9. The van der Waals surface area contributed by atoms with Gasteiger partial charge in [-0.2, -0.15) is 0 Å². The Morgan fingerprint density at radius 3 is 2.40 bits per heavy atom. The Morgan fingerprint density at radius 1 is 1.07 bits per heavy atom. The molecule has 0 bridgehead atoms. The van der Waals surface area contributed by atoms with Crippen molar-refractivity contribution in [1.29, 1.82) is 0 Å². The van der Waals surface area contributed by atoms with Crippen LogP contribution in [0.15, 0.2) is 65.9 Å². The average Bonchev–Trinajstić information content (AvgIpc) is 2.74. The van der Waals surface area contributed by atoms with Crippen LogP contribution in [0.5, 0.6) is 5.75 Å². The van der Waals surface area contributed by atoms with E-state index in [-0.39, 0.29) is 12.6 Å². The van der Waals surface area contributed by atoms with E-state index in [0.717, 1.165) is 17.0 Å². The summed E-state index contributed by atoms with van der Waals surface area (Å²) < 4.78 is 10.5. The molecule has 1 atom stereocenters. The van der Waals surface area contributed by atoms with E-state index in [2.05, 4.69) is 15.5 Å². The fraction of sp³-hybridized carbons (Fsp3) is 0.304. The summed E-state index contributed by atoms with van der Waals surface area (Å²) >= 11 is 0. The van der Waals surface area contributed by atoms with Crippen LogP contribution in [0, 0.1) is 0 Å². The van der Waals surface area contributed by atoms with Crippen molar-refractivity contribution in [2.45, 2.75) is 26.4 Å². The minimum atomic E-state index is -0.442. The number of nitrogens with zero attached hydrogens (tertiary/aromatic N) is 1. The van der Waals surface area contributed by atoms with Crippen LogP contribution < -0.4 is 20.3 Å². The summed E-state index contributed by atoms with van der Waals surface area (Å²) in [5, 5.41) is 5.54. The molecule has 0 radical (unpaired) electrons. The lowest BCUT2D eigenvalue weighted by Crippen LogP contribution is -2.51. The van der Waals surface area contributed by atoms with Gasteiger partial charge in [0.25, 0.3) is 0 Å². The normalized spacial score (nSPS) is 15.8. The van der Waals surface area contributed by atoms with Crippen molar-refractivity contribution in [2.75, 3.05) is 25.2 Å². The Labute approximate surface area is 176 Å². The largest absolute Gasteiger partial charge is 0.497 e. The van der Waals surface area contributed by atoms with Gasteiger partial charge in [-0.05, 0) is 43.7 Å². The maximum absolute atomic E-state index is 12.6. The molecule has 0 fully saturated rings. The monoisotopic (exact) mass is 409 g/mol. The molecule has 1 heterocycles. The highest BCUT2D eigenvalue weighted by Crippen LogP contribution is 2.24. The van der Waals surface area contributed by atoms with E-state index in [4.69, 9.17) is 9.47 Å². The summed E-state index contributed by atoms with van der Waals surface area (Å²) in [4.78, 5) is 26.8. The van der Waals surface area contributed by atoms with Crippen LogP contribution in [0.25, 0.3) is 0 Å². The number of ether oxygens (including phenoxy) is 2. The Kier molecular flexibility index (Phi) is 6.95. The first-order chi connectivity index (χ1) is 14.5. The van der Waals surface area contributed by atoms with E-state index in [0.29, 0.717) is 24.4 Å². The molecule has 0 aliphatic carbocycles. The van der Waals surface area contributed by atoms with Gasteiger partial charge in [-0.25, -0.2) is 9.59 Å². The van der Waals surface area contributed by atoms with Crippen LogP contribution in [0.4, 0.5) is 10.5 Å². The second kappa shape index (κ2) is 9.82. The molecule has 3 rings (SSSR count). The highest BCUT2D eigenvalue weighted by Gasteiger charge is 2.30. The average molecular weight is 409 g/mol. The predicted octanol–water partition coefficient (Wildman–Crippen LogP) is 3.22. The van der Waals surface area contributed by atoms with Gasteiger partial charge < -0.3 is 25.0 Å². The second-order valence-electron chi connectivity index (χ2n) is 6.97. The molecule has 1 aliphatic rings. The molecule has 0 spiro atoms. The molecular formula is C23H27N3O4. The molecule has 1 unspecified atom stereocenters. The van der Waals surface area contributed by atoms with Crippen LogP contribution in [0.2, 0.25) is 0 Å². The van der Waals surface area contributed by atoms with Gasteiger partial charge in [-0.15, -0.1) is 0 Å². The first kappa shape index (κ1) is 21.2. The highest BCUT2D eigenvalue weighted by molar-refractivity contribution is 5.94. The quantitative estimate of drug-likeness (QED) is 0.655. The van der Waals surface area contributed by atoms with Crippen LogP contribution in [-0.2, 0) is 16.1 Å². The zero-order valence-corrected chi connectivity index (χ0v) is 17.5. The van der Waals surface area contributed by atoms with E-state index in [9.17, 15) is 9.59 Å². The molecule has 7 heteroatoms. The SMILES string of the molecule is CCOC(=O)C1=C(CN(Cc2ccccc2)c2ccc(OC)cc2)NC(=O)NC1C. The topological polar surface area (TPSA) is 79.9 Å². The van der Waals surface area contributed by atoms with Crippen LogP contribution >= 0.6 is 0 Å². The maximum Gasteiger partial charge on any atom is 0.337 e. The fourth-order valence-corrected chi connectivity index (χ4v) is 3.43. The predicted molar refractivity (Wildman–Crippen MR) is 115 cm³/mol. The third-order valence-corrected chi connectivity index (χ3v) is 4.87. The summed E-state index contributed by atoms with van der Waals surface area (Å²) in [5.41, 5.74) is 3.02. The molecule has 30 heavy (non-hydrogen) atoms. The van der Waals surface area contributed by atoms with E-state index in [1.807, 2.05) is 54.6 Å². The second-order valence-corrected chi connectivity index (χ2v) is 6.97. The minimum absolute atomic E-state index is 0.266. The number of amides is 2. The van der Waals surface area contributed by atoms with Gasteiger partial charge in [0, 0.05) is 12.2 Å². The zero-order valence-electron chi connectivity index (χ0n) is 17.5. The number of esters is 1. The Balaban J connectivity index is 1.97. The maximum atomic E-state index is 12.6. The number of anilines is 1.